The number of amides is 1. The molecule has 5 nitrogen and oxygen atoms in total. The van der Waals surface area contributed by atoms with Crippen molar-refractivity contribution < 1.29 is 22.5 Å². The van der Waals surface area contributed by atoms with Gasteiger partial charge in [0.15, 0.2) is 0 Å². The van der Waals surface area contributed by atoms with Crippen LogP contribution in [-0.2, 0) is 4.74 Å². The summed E-state index contributed by atoms with van der Waals surface area (Å²) in [6, 6.07) is 0. The second kappa shape index (κ2) is 5.14. The lowest BCUT2D eigenvalue weighted by Gasteiger charge is -2.22. The Balaban J connectivity index is 2.68. The van der Waals surface area contributed by atoms with Crippen molar-refractivity contribution in [2.75, 3.05) is 5.32 Å². The lowest BCUT2D eigenvalue weighted by Crippen LogP contribution is -2.30. The highest BCUT2D eigenvalue weighted by Gasteiger charge is 2.33. The van der Waals surface area contributed by atoms with Crippen molar-refractivity contribution in [2.45, 2.75) is 39.2 Å². The summed E-state index contributed by atoms with van der Waals surface area (Å²) in [5, 5.41) is 5.89. The summed E-state index contributed by atoms with van der Waals surface area (Å²) in [6.07, 6.45) is 1.52. The molecule has 0 aliphatic rings. The van der Waals surface area contributed by atoms with E-state index in [2.05, 4.69) is 10.4 Å². The number of carbonyl (C=O) groups excluding carboxylic acids is 1. The first kappa shape index (κ1) is 15.4. The maximum Gasteiger partial charge on any atom is 0.502 e. The van der Waals surface area contributed by atoms with Crippen molar-refractivity contribution >= 4 is 18.8 Å². The molecule has 0 fully saturated rings. The minimum atomic E-state index is -5.03. The Kier molecular flexibility index (Phi) is 4.16. The van der Waals surface area contributed by atoms with Gasteiger partial charge in [0.05, 0.1) is 11.9 Å². The van der Waals surface area contributed by atoms with E-state index in [0.717, 1.165) is 24.0 Å². The molecule has 0 saturated carbocycles. The molecule has 1 atom stereocenters. The molecule has 1 N–H and O–H groups in total. The standard InChI is InChI=1S/C10H16BF3N3O2/c1-7(11(12,13)14)17-6-8(5-15-17)16-9(18)19-10(2,3)4/h5-7H,1-4H3,(H,16,18)/q-1. The molecule has 19 heavy (non-hydrogen) atoms. The number of rotatable bonds is 3. The first-order valence-electron chi connectivity index (χ1n) is 5.73. The maximum absolute atomic E-state index is 12.5. The number of nitrogens with one attached hydrogen (secondary N) is 1. The van der Waals surface area contributed by atoms with E-state index in [1.54, 1.807) is 20.8 Å². The zero-order valence-electron chi connectivity index (χ0n) is 11.2. The average molecular weight is 278 g/mol. The van der Waals surface area contributed by atoms with Gasteiger partial charge in [0, 0.05) is 12.1 Å². The molecular formula is C10H16BF3N3O2-. The molecular weight excluding hydrogens is 262 g/mol. The Morgan fingerprint density at radius 3 is 2.53 bits per heavy atom. The van der Waals surface area contributed by atoms with Crippen molar-refractivity contribution in [3.8, 4) is 0 Å². The second-order valence-electron chi connectivity index (χ2n) is 5.20. The predicted molar refractivity (Wildman–Crippen MR) is 65.9 cm³/mol. The highest BCUT2D eigenvalue weighted by molar-refractivity contribution is 6.59. The van der Waals surface area contributed by atoms with E-state index in [1.165, 1.54) is 0 Å². The summed E-state index contributed by atoms with van der Waals surface area (Å²) in [7, 11) is 0. The molecule has 0 bridgehead atoms. The van der Waals surface area contributed by atoms with Crippen molar-refractivity contribution in [1.82, 2.24) is 9.78 Å². The number of nitrogens with zero attached hydrogens (tertiary/aromatic N) is 2. The Morgan fingerprint density at radius 1 is 1.47 bits per heavy atom. The van der Waals surface area contributed by atoms with E-state index in [-0.39, 0.29) is 5.69 Å². The van der Waals surface area contributed by atoms with Gasteiger partial charge >= 0.3 is 13.1 Å². The maximum atomic E-state index is 12.5. The Bertz CT molecular complexity index is 454. The number of halogens is 3. The fourth-order valence-corrected chi connectivity index (χ4v) is 1.22. The number of ether oxygens (including phenoxy) is 1. The van der Waals surface area contributed by atoms with Crippen LogP contribution in [0.2, 0.25) is 0 Å². The second-order valence-corrected chi connectivity index (χ2v) is 5.20. The van der Waals surface area contributed by atoms with Crippen LogP contribution in [0.1, 0.15) is 33.6 Å². The molecule has 0 saturated heterocycles. The fraction of sp³-hybridized carbons (Fsp3) is 0.600. The van der Waals surface area contributed by atoms with Gasteiger partial charge in [-0.15, -0.1) is 0 Å². The van der Waals surface area contributed by atoms with Crippen LogP contribution in [0, 0.1) is 0 Å². The highest BCUT2D eigenvalue weighted by Crippen LogP contribution is 2.25. The highest BCUT2D eigenvalue weighted by atomic mass is 19.4. The van der Waals surface area contributed by atoms with Crippen molar-refractivity contribution in [3.05, 3.63) is 12.4 Å². The van der Waals surface area contributed by atoms with E-state index in [1.807, 2.05) is 0 Å². The molecule has 0 spiro atoms. The molecule has 1 unspecified atom stereocenters. The van der Waals surface area contributed by atoms with Gasteiger partial charge in [0.25, 0.3) is 0 Å². The topological polar surface area (TPSA) is 56.2 Å². The molecule has 0 aromatic carbocycles. The van der Waals surface area contributed by atoms with E-state index >= 15 is 0 Å². The van der Waals surface area contributed by atoms with Crippen LogP contribution in [0.15, 0.2) is 12.4 Å². The molecule has 1 aromatic rings. The molecule has 108 valence electrons. The summed E-state index contributed by atoms with van der Waals surface area (Å²) < 4.78 is 43.3. The van der Waals surface area contributed by atoms with Crippen LogP contribution >= 0.6 is 0 Å². The first-order valence-corrected chi connectivity index (χ1v) is 5.73. The van der Waals surface area contributed by atoms with Crippen molar-refractivity contribution in [1.29, 1.82) is 0 Å². The molecule has 1 heterocycles. The third-order valence-electron chi connectivity index (χ3n) is 2.21. The van der Waals surface area contributed by atoms with Gasteiger partial charge in [-0.2, -0.15) is 5.10 Å². The summed E-state index contributed by atoms with van der Waals surface area (Å²) in [4.78, 5) is 11.4. The van der Waals surface area contributed by atoms with Crippen molar-refractivity contribution in [2.24, 2.45) is 0 Å². The van der Waals surface area contributed by atoms with Gasteiger partial charge in [-0.25, -0.2) is 4.79 Å². The average Bonchev–Trinajstić information content (AvgIpc) is 2.60. The van der Waals surface area contributed by atoms with E-state index in [4.69, 9.17) is 4.74 Å². The predicted octanol–water partition coefficient (Wildman–Crippen LogP) is 3.18. The number of aromatic nitrogens is 2. The Labute approximate surface area is 109 Å². The quantitative estimate of drug-likeness (QED) is 0.864. The van der Waals surface area contributed by atoms with E-state index in [9.17, 15) is 17.7 Å². The van der Waals surface area contributed by atoms with Crippen LogP contribution in [0.4, 0.5) is 23.4 Å². The third kappa shape index (κ3) is 4.84. The SMILES string of the molecule is CC(n1cc(NC(=O)OC(C)(C)C)cn1)[B-](F)(F)F. The van der Waals surface area contributed by atoms with Crippen LogP contribution in [0.25, 0.3) is 0 Å². The Morgan fingerprint density at radius 2 is 2.05 bits per heavy atom. The monoisotopic (exact) mass is 278 g/mol. The van der Waals surface area contributed by atoms with Gasteiger partial charge in [0.1, 0.15) is 5.60 Å². The molecule has 1 rings (SSSR count). The van der Waals surface area contributed by atoms with Gasteiger partial charge in [-0.3, -0.25) is 10.00 Å². The number of hydrogen-bond donors (Lipinski definition) is 1. The zero-order chi connectivity index (χ0) is 14.8. The van der Waals surface area contributed by atoms with Crippen LogP contribution in [-0.4, -0.2) is 28.5 Å². The number of hydrogen-bond acceptors (Lipinski definition) is 3. The smallest absolute Gasteiger partial charge is 0.448 e. The van der Waals surface area contributed by atoms with E-state index < -0.39 is 24.6 Å². The fourth-order valence-electron chi connectivity index (χ4n) is 1.22. The number of anilines is 1. The van der Waals surface area contributed by atoms with Gasteiger partial charge in [-0.05, 0) is 20.8 Å². The molecule has 0 radical (unpaired) electrons. The van der Waals surface area contributed by atoms with Crippen molar-refractivity contribution in [3.63, 3.8) is 0 Å². The molecule has 0 aliphatic heterocycles. The third-order valence-corrected chi connectivity index (χ3v) is 2.21. The van der Waals surface area contributed by atoms with Crippen LogP contribution < -0.4 is 5.32 Å². The molecule has 1 amide bonds. The van der Waals surface area contributed by atoms with Gasteiger partial charge in [-0.1, -0.05) is 6.92 Å². The first-order chi connectivity index (χ1) is 8.49. The minimum Gasteiger partial charge on any atom is -0.448 e. The normalized spacial score (nSPS) is 14.1. The molecule has 0 aliphatic carbocycles. The summed E-state index contributed by atoms with van der Waals surface area (Å²) in [5.74, 6) is -1.70. The lowest BCUT2D eigenvalue weighted by molar-refractivity contribution is 0.0636. The van der Waals surface area contributed by atoms with E-state index in [0.29, 0.717) is 0 Å². The zero-order valence-corrected chi connectivity index (χ0v) is 11.2. The lowest BCUT2D eigenvalue weighted by atomic mass is 9.81. The molecule has 9 heteroatoms. The largest absolute Gasteiger partial charge is 0.502 e. The minimum absolute atomic E-state index is 0.154. The van der Waals surface area contributed by atoms with Gasteiger partial charge < -0.3 is 17.7 Å². The summed E-state index contributed by atoms with van der Waals surface area (Å²) in [5.41, 5.74) is -0.524. The summed E-state index contributed by atoms with van der Waals surface area (Å²) in [6.45, 7) is 1.03. The number of carbonyl (C=O) groups is 1. The molecule has 1 aromatic heterocycles. The van der Waals surface area contributed by atoms with Gasteiger partial charge in [0.2, 0.25) is 0 Å². The summed E-state index contributed by atoms with van der Waals surface area (Å²) >= 11 is 0. The van der Waals surface area contributed by atoms with Crippen LogP contribution in [0.5, 0.6) is 0 Å². The van der Waals surface area contributed by atoms with Crippen LogP contribution in [0.3, 0.4) is 0 Å². The Hall–Kier alpha value is -1.67.